The number of nitrogens with zero attached hydrogens (tertiary/aromatic N) is 2. The van der Waals surface area contributed by atoms with Gasteiger partial charge in [-0.15, -0.1) is 0 Å². The van der Waals surface area contributed by atoms with Crippen LogP contribution in [-0.4, -0.2) is 34.7 Å². The monoisotopic (exact) mass is 273 g/mol. The normalized spacial score (nSPS) is 16.2. The number of methoxy groups -OCH3 is 1. The highest BCUT2D eigenvalue weighted by molar-refractivity contribution is 5.76. The second-order valence-corrected chi connectivity index (χ2v) is 5.23. The van der Waals surface area contributed by atoms with Gasteiger partial charge in [-0.05, 0) is 31.4 Å². The van der Waals surface area contributed by atoms with Gasteiger partial charge in [0.2, 0.25) is 0 Å². The summed E-state index contributed by atoms with van der Waals surface area (Å²) in [6.45, 7) is 0.750. The molecule has 1 aromatic heterocycles. The van der Waals surface area contributed by atoms with E-state index in [1.165, 1.54) is 7.11 Å². The van der Waals surface area contributed by atoms with E-state index in [0.29, 0.717) is 12.5 Å². The standard InChI is InChI=1S/C15H19N3O2/c1-20-15(19)13(17-11-6-7-11)8-9-18-10-16-12-4-2-3-5-14(12)18/h2-5,10-11,13,17H,6-9H2,1H3. The average molecular weight is 273 g/mol. The summed E-state index contributed by atoms with van der Waals surface area (Å²) in [5.74, 6) is -0.179. The summed E-state index contributed by atoms with van der Waals surface area (Å²) in [6, 6.07) is 8.27. The van der Waals surface area contributed by atoms with Crippen LogP contribution in [0.15, 0.2) is 30.6 Å². The number of para-hydroxylation sites is 2. The highest BCUT2D eigenvalue weighted by Crippen LogP contribution is 2.21. The molecule has 1 heterocycles. The molecule has 1 fully saturated rings. The highest BCUT2D eigenvalue weighted by Gasteiger charge is 2.28. The molecule has 1 saturated carbocycles. The molecule has 0 spiro atoms. The molecule has 5 heteroatoms. The number of rotatable bonds is 6. The number of carbonyl (C=O) groups is 1. The predicted molar refractivity (Wildman–Crippen MR) is 76.3 cm³/mol. The van der Waals surface area contributed by atoms with Gasteiger partial charge in [-0.1, -0.05) is 12.1 Å². The number of esters is 1. The number of imidazole rings is 1. The van der Waals surface area contributed by atoms with Crippen molar-refractivity contribution in [3.05, 3.63) is 30.6 Å². The van der Waals surface area contributed by atoms with Crippen molar-refractivity contribution in [1.82, 2.24) is 14.9 Å². The van der Waals surface area contributed by atoms with E-state index in [-0.39, 0.29) is 12.0 Å². The molecule has 0 radical (unpaired) electrons. The van der Waals surface area contributed by atoms with Crippen LogP contribution in [0.25, 0.3) is 11.0 Å². The Bertz CT molecular complexity index is 604. The van der Waals surface area contributed by atoms with Gasteiger partial charge in [-0.25, -0.2) is 4.98 Å². The van der Waals surface area contributed by atoms with Crippen molar-refractivity contribution >= 4 is 17.0 Å². The van der Waals surface area contributed by atoms with E-state index in [4.69, 9.17) is 4.74 Å². The van der Waals surface area contributed by atoms with E-state index in [9.17, 15) is 4.79 Å². The SMILES string of the molecule is COC(=O)C(CCn1cnc2ccccc21)NC1CC1. The molecule has 1 aromatic carbocycles. The molecular weight excluding hydrogens is 254 g/mol. The fourth-order valence-corrected chi connectivity index (χ4v) is 2.40. The number of carbonyl (C=O) groups excluding carboxylic acids is 1. The fourth-order valence-electron chi connectivity index (χ4n) is 2.40. The van der Waals surface area contributed by atoms with Crippen LogP contribution in [0.5, 0.6) is 0 Å². The molecule has 0 saturated heterocycles. The van der Waals surface area contributed by atoms with E-state index in [0.717, 1.165) is 30.4 Å². The van der Waals surface area contributed by atoms with Crippen molar-refractivity contribution in [3.63, 3.8) is 0 Å². The van der Waals surface area contributed by atoms with Crippen LogP contribution in [0.2, 0.25) is 0 Å². The molecular formula is C15H19N3O2. The summed E-state index contributed by atoms with van der Waals surface area (Å²) < 4.78 is 6.96. The van der Waals surface area contributed by atoms with Crippen molar-refractivity contribution in [1.29, 1.82) is 0 Å². The third-order valence-electron chi connectivity index (χ3n) is 3.69. The Labute approximate surface area is 117 Å². The smallest absolute Gasteiger partial charge is 0.322 e. The zero-order chi connectivity index (χ0) is 13.9. The molecule has 0 bridgehead atoms. The van der Waals surface area contributed by atoms with Gasteiger partial charge in [0.05, 0.1) is 24.5 Å². The van der Waals surface area contributed by atoms with Gasteiger partial charge in [0.15, 0.2) is 0 Å². The molecule has 2 aromatic rings. The van der Waals surface area contributed by atoms with Crippen molar-refractivity contribution < 1.29 is 9.53 Å². The van der Waals surface area contributed by atoms with Gasteiger partial charge in [-0.3, -0.25) is 4.79 Å². The van der Waals surface area contributed by atoms with Crippen LogP contribution >= 0.6 is 0 Å². The van der Waals surface area contributed by atoms with E-state index < -0.39 is 0 Å². The molecule has 1 aliphatic carbocycles. The largest absolute Gasteiger partial charge is 0.468 e. The predicted octanol–water partition coefficient (Wildman–Crippen LogP) is 1.72. The Balaban J connectivity index is 1.68. The maximum atomic E-state index is 11.8. The van der Waals surface area contributed by atoms with Gasteiger partial charge < -0.3 is 14.6 Å². The number of nitrogens with one attached hydrogen (secondary N) is 1. The first-order chi connectivity index (χ1) is 9.78. The second-order valence-electron chi connectivity index (χ2n) is 5.23. The number of hydrogen-bond acceptors (Lipinski definition) is 4. The van der Waals surface area contributed by atoms with Gasteiger partial charge in [0, 0.05) is 12.6 Å². The van der Waals surface area contributed by atoms with Gasteiger partial charge in [-0.2, -0.15) is 0 Å². The summed E-state index contributed by atoms with van der Waals surface area (Å²) in [5.41, 5.74) is 2.08. The van der Waals surface area contributed by atoms with Crippen molar-refractivity contribution in [2.75, 3.05) is 7.11 Å². The Morgan fingerprint density at radius 1 is 1.50 bits per heavy atom. The third kappa shape index (κ3) is 2.82. The molecule has 1 N–H and O–H groups in total. The summed E-state index contributed by atoms with van der Waals surface area (Å²) >= 11 is 0. The molecule has 0 amide bonds. The first-order valence-corrected chi connectivity index (χ1v) is 7.01. The Hall–Kier alpha value is -1.88. The Morgan fingerprint density at radius 3 is 3.05 bits per heavy atom. The number of benzene rings is 1. The molecule has 1 unspecified atom stereocenters. The molecule has 1 aliphatic rings. The maximum Gasteiger partial charge on any atom is 0.322 e. The lowest BCUT2D eigenvalue weighted by atomic mass is 10.2. The number of aryl methyl sites for hydroxylation is 1. The zero-order valence-electron chi connectivity index (χ0n) is 11.6. The molecule has 20 heavy (non-hydrogen) atoms. The second kappa shape index (κ2) is 5.63. The molecule has 106 valence electrons. The summed E-state index contributed by atoms with van der Waals surface area (Å²) in [4.78, 5) is 16.2. The summed E-state index contributed by atoms with van der Waals surface area (Å²) in [7, 11) is 1.44. The fraction of sp³-hybridized carbons (Fsp3) is 0.467. The Kier molecular flexibility index (Phi) is 3.69. The van der Waals surface area contributed by atoms with Crippen LogP contribution in [0.1, 0.15) is 19.3 Å². The van der Waals surface area contributed by atoms with E-state index in [1.807, 2.05) is 30.6 Å². The minimum atomic E-state index is -0.228. The van der Waals surface area contributed by atoms with E-state index >= 15 is 0 Å². The Morgan fingerprint density at radius 2 is 2.30 bits per heavy atom. The van der Waals surface area contributed by atoms with Crippen LogP contribution in [-0.2, 0) is 16.1 Å². The van der Waals surface area contributed by atoms with Gasteiger partial charge in [0.25, 0.3) is 0 Å². The topological polar surface area (TPSA) is 56.2 Å². The minimum Gasteiger partial charge on any atom is -0.468 e. The lowest BCUT2D eigenvalue weighted by molar-refractivity contribution is -0.143. The number of ether oxygens (including phenoxy) is 1. The number of hydrogen-bond donors (Lipinski definition) is 1. The molecule has 0 aliphatic heterocycles. The maximum absolute atomic E-state index is 11.8. The number of fused-ring (bicyclic) bond motifs is 1. The third-order valence-corrected chi connectivity index (χ3v) is 3.69. The van der Waals surface area contributed by atoms with Crippen LogP contribution in [0.4, 0.5) is 0 Å². The first-order valence-electron chi connectivity index (χ1n) is 7.01. The number of aromatic nitrogens is 2. The zero-order valence-corrected chi connectivity index (χ0v) is 11.6. The summed E-state index contributed by atoms with van der Waals surface area (Å²) in [6.07, 6.45) is 4.85. The lowest BCUT2D eigenvalue weighted by Crippen LogP contribution is -2.39. The quantitative estimate of drug-likeness (QED) is 0.814. The van der Waals surface area contributed by atoms with E-state index in [2.05, 4.69) is 14.9 Å². The minimum absolute atomic E-state index is 0.179. The van der Waals surface area contributed by atoms with Crippen LogP contribution in [0.3, 0.4) is 0 Å². The first kappa shape index (κ1) is 13.1. The van der Waals surface area contributed by atoms with Gasteiger partial charge in [0.1, 0.15) is 6.04 Å². The highest BCUT2D eigenvalue weighted by atomic mass is 16.5. The lowest BCUT2D eigenvalue weighted by Gasteiger charge is -2.16. The average Bonchev–Trinajstić information content (AvgIpc) is 3.21. The van der Waals surface area contributed by atoms with Crippen LogP contribution < -0.4 is 5.32 Å². The molecule has 5 nitrogen and oxygen atoms in total. The van der Waals surface area contributed by atoms with Crippen molar-refractivity contribution in [3.8, 4) is 0 Å². The van der Waals surface area contributed by atoms with E-state index in [1.54, 1.807) is 0 Å². The van der Waals surface area contributed by atoms with Crippen molar-refractivity contribution in [2.45, 2.75) is 37.9 Å². The van der Waals surface area contributed by atoms with Crippen LogP contribution in [0, 0.1) is 0 Å². The molecule has 1 atom stereocenters. The molecule has 3 rings (SSSR count). The summed E-state index contributed by atoms with van der Waals surface area (Å²) in [5, 5.41) is 3.34. The van der Waals surface area contributed by atoms with Crippen molar-refractivity contribution in [2.24, 2.45) is 0 Å². The van der Waals surface area contributed by atoms with Gasteiger partial charge >= 0.3 is 5.97 Å².